The highest BCUT2D eigenvalue weighted by molar-refractivity contribution is 6.32. The first-order valence-electron chi connectivity index (χ1n) is 7.00. The van der Waals surface area contributed by atoms with Gasteiger partial charge in [-0.1, -0.05) is 17.7 Å². The first-order chi connectivity index (χ1) is 9.56. The van der Waals surface area contributed by atoms with E-state index in [0.29, 0.717) is 10.8 Å². The second kappa shape index (κ2) is 6.95. The summed E-state index contributed by atoms with van der Waals surface area (Å²) in [6, 6.07) is 5.72. The van der Waals surface area contributed by atoms with Gasteiger partial charge in [0, 0.05) is 12.6 Å². The van der Waals surface area contributed by atoms with Crippen LogP contribution in [0.1, 0.15) is 25.3 Å². The first kappa shape index (κ1) is 15.1. The smallest absolute Gasteiger partial charge is 0.261 e. The lowest BCUT2D eigenvalue weighted by Gasteiger charge is -2.25. The molecule has 2 atom stereocenters. The molecule has 1 unspecified atom stereocenters. The second-order valence-corrected chi connectivity index (χ2v) is 5.65. The topological polar surface area (TPSA) is 50.4 Å². The number of carbonyl (C=O) groups excluding carboxylic acids is 1. The Hall–Kier alpha value is -1.26. The zero-order chi connectivity index (χ0) is 14.5. The van der Waals surface area contributed by atoms with Crippen LogP contribution in [0.15, 0.2) is 18.2 Å². The largest absolute Gasteiger partial charge is 0.479 e. The quantitative estimate of drug-likeness (QED) is 0.896. The number of nitrogens with one attached hydrogen (secondary N) is 2. The van der Waals surface area contributed by atoms with E-state index in [4.69, 9.17) is 16.3 Å². The molecule has 2 rings (SSSR count). The number of hydrogen-bond donors (Lipinski definition) is 2. The summed E-state index contributed by atoms with van der Waals surface area (Å²) in [4.78, 5) is 12.1. The van der Waals surface area contributed by atoms with Gasteiger partial charge in [-0.25, -0.2) is 0 Å². The van der Waals surface area contributed by atoms with Crippen LogP contribution in [0.2, 0.25) is 5.02 Å². The molecular formula is C15H21ClN2O2. The molecule has 0 spiro atoms. The molecular weight excluding hydrogens is 276 g/mol. The van der Waals surface area contributed by atoms with Crippen LogP contribution in [-0.2, 0) is 4.79 Å². The summed E-state index contributed by atoms with van der Waals surface area (Å²) >= 11 is 6.07. The van der Waals surface area contributed by atoms with Gasteiger partial charge in [0.15, 0.2) is 6.10 Å². The fraction of sp³-hybridized carbons (Fsp3) is 0.533. The molecule has 0 saturated carbocycles. The summed E-state index contributed by atoms with van der Waals surface area (Å²) < 4.78 is 5.66. The molecule has 0 radical (unpaired) electrons. The van der Waals surface area contributed by atoms with Crippen LogP contribution < -0.4 is 15.4 Å². The van der Waals surface area contributed by atoms with E-state index >= 15 is 0 Å². The van der Waals surface area contributed by atoms with Crippen LogP contribution in [0.25, 0.3) is 0 Å². The maximum Gasteiger partial charge on any atom is 0.261 e. The van der Waals surface area contributed by atoms with Crippen molar-refractivity contribution in [1.29, 1.82) is 0 Å². The van der Waals surface area contributed by atoms with Crippen molar-refractivity contribution in [2.45, 2.75) is 38.8 Å². The Labute approximate surface area is 124 Å². The van der Waals surface area contributed by atoms with Crippen LogP contribution in [-0.4, -0.2) is 31.1 Å². The van der Waals surface area contributed by atoms with Crippen molar-refractivity contribution in [3.8, 4) is 5.75 Å². The third-order valence-electron chi connectivity index (χ3n) is 3.40. The zero-order valence-electron chi connectivity index (χ0n) is 11.9. The molecule has 1 aromatic rings. The van der Waals surface area contributed by atoms with E-state index in [1.54, 1.807) is 13.0 Å². The van der Waals surface area contributed by atoms with Crippen molar-refractivity contribution in [1.82, 2.24) is 10.6 Å². The van der Waals surface area contributed by atoms with Crippen molar-refractivity contribution >= 4 is 17.5 Å². The number of carbonyl (C=O) groups is 1. The van der Waals surface area contributed by atoms with E-state index < -0.39 is 6.10 Å². The third kappa shape index (κ3) is 4.12. The Morgan fingerprint density at radius 2 is 2.35 bits per heavy atom. The Bertz CT molecular complexity index is 473. The number of benzene rings is 1. The average molecular weight is 297 g/mol. The molecule has 20 heavy (non-hydrogen) atoms. The number of amides is 1. The fourth-order valence-corrected chi connectivity index (χ4v) is 2.40. The minimum Gasteiger partial charge on any atom is -0.479 e. The highest BCUT2D eigenvalue weighted by Gasteiger charge is 2.21. The number of hydrogen-bond acceptors (Lipinski definition) is 3. The maximum atomic E-state index is 12.1. The van der Waals surface area contributed by atoms with Gasteiger partial charge in [0.2, 0.25) is 0 Å². The summed E-state index contributed by atoms with van der Waals surface area (Å²) in [5, 5.41) is 6.79. The molecule has 0 aliphatic carbocycles. The number of halogens is 1. The summed E-state index contributed by atoms with van der Waals surface area (Å²) in [5.74, 6) is 0.451. The number of aryl methyl sites for hydroxylation is 1. The fourth-order valence-electron chi connectivity index (χ4n) is 2.24. The predicted octanol–water partition coefficient (Wildman–Crippen LogP) is 2.28. The Morgan fingerprint density at radius 1 is 1.55 bits per heavy atom. The van der Waals surface area contributed by atoms with Crippen LogP contribution in [0, 0.1) is 6.92 Å². The second-order valence-electron chi connectivity index (χ2n) is 5.25. The van der Waals surface area contributed by atoms with Gasteiger partial charge in [0.25, 0.3) is 5.91 Å². The standard InChI is InChI=1S/C15H21ClN2O2/c1-10-5-6-13(16)14(8-10)20-11(2)15(19)18-12-4-3-7-17-9-12/h5-6,8,11-12,17H,3-4,7,9H2,1-2H3,(H,18,19)/t11?,12-/m0/s1. The van der Waals surface area contributed by atoms with E-state index in [1.807, 2.05) is 19.1 Å². The molecule has 1 saturated heterocycles. The van der Waals surface area contributed by atoms with Crippen molar-refractivity contribution < 1.29 is 9.53 Å². The Balaban J connectivity index is 1.91. The Kier molecular flexibility index (Phi) is 5.26. The lowest BCUT2D eigenvalue weighted by atomic mass is 10.1. The summed E-state index contributed by atoms with van der Waals surface area (Å²) in [6.45, 7) is 5.55. The van der Waals surface area contributed by atoms with E-state index in [-0.39, 0.29) is 11.9 Å². The van der Waals surface area contributed by atoms with Crippen LogP contribution >= 0.6 is 11.6 Å². The van der Waals surface area contributed by atoms with Crippen LogP contribution in [0.4, 0.5) is 0 Å². The van der Waals surface area contributed by atoms with Crippen LogP contribution in [0.5, 0.6) is 5.75 Å². The van der Waals surface area contributed by atoms with Gasteiger partial charge in [-0.2, -0.15) is 0 Å². The van der Waals surface area contributed by atoms with Crippen molar-refractivity contribution in [2.75, 3.05) is 13.1 Å². The molecule has 1 amide bonds. The minimum absolute atomic E-state index is 0.101. The van der Waals surface area contributed by atoms with Crippen LogP contribution in [0.3, 0.4) is 0 Å². The molecule has 4 nitrogen and oxygen atoms in total. The van der Waals surface area contributed by atoms with E-state index in [1.165, 1.54) is 0 Å². The molecule has 0 bridgehead atoms. The predicted molar refractivity (Wildman–Crippen MR) is 80.3 cm³/mol. The highest BCUT2D eigenvalue weighted by atomic mass is 35.5. The van der Waals surface area contributed by atoms with Crippen molar-refractivity contribution in [2.24, 2.45) is 0 Å². The number of rotatable bonds is 4. The highest BCUT2D eigenvalue weighted by Crippen LogP contribution is 2.26. The van der Waals surface area contributed by atoms with E-state index in [9.17, 15) is 4.79 Å². The minimum atomic E-state index is -0.559. The molecule has 5 heteroatoms. The van der Waals surface area contributed by atoms with Gasteiger partial charge in [-0.15, -0.1) is 0 Å². The van der Waals surface area contributed by atoms with Gasteiger partial charge >= 0.3 is 0 Å². The molecule has 110 valence electrons. The first-order valence-corrected chi connectivity index (χ1v) is 7.38. The summed E-state index contributed by atoms with van der Waals surface area (Å²) in [5.41, 5.74) is 1.05. The lowest BCUT2D eigenvalue weighted by Crippen LogP contribution is -2.49. The number of piperidine rings is 1. The van der Waals surface area contributed by atoms with Crippen molar-refractivity contribution in [3.63, 3.8) is 0 Å². The molecule has 1 fully saturated rings. The van der Waals surface area contributed by atoms with Gasteiger partial charge < -0.3 is 15.4 Å². The van der Waals surface area contributed by atoms with E-state index in [2.05, 4.69) is 10.6 Å². The third-order valence-corrected chi connectivity index (χ3v) is 3.72. The SMILES string of the molecule is Cc1ccc(Cl)c(OC(C)C(=O)N[C@H]2CCCNC2)c1. The summed E-state index contributed by atoms with van der Waals surface area (Å²) in [7, 11) is 0. The number of ether oxygens (including phenoxy) is 1. The molecule has 1 heterocycles. The normalized spacial score (nSPS) is 20.2. The zero-order valence-corrected chi connectivity index (χ0v) is 12.7. The monoisotopic (exact) mass is 296 g/mol. The van der Waals surface area contributed by atoms with Gasteiger partial charge in [-0.05, 0) is 50.9 Å². The van der Waals surface area contributed by atoms with Gasteiger partial charge in [0.1, 0.15) is 5.75 Å². The Morgan fingerprint density at radius 3 is 3.05 bits per heavy atom. The summed E-state index contributed by atoms with van der Waals surface area (Å²) in [6.07, 6.45) is 1.54. The molecule has 1 aliphatic rings. The average Bonchev–Trinajstić information content (AvgIpc) is 2.44. The van der Waals surface area contributed by atoms with E-state index in [0.717, 1.165) is 31.5 Å². The van der Waals surface area contributed by atoms with Crippen molar-refractivity contribution in [3.05, 3.63) is 28.8 Å². The molecule has 0 aromatic heterocycles. The maximum absolute atomic E-state index is 12.1. The molecule has 1 aromatic carbocycles. The molecule has 1 aliphatic heterocycles. The molecule has 2 N–H and O–H groups in total. The van der Waals surface area contributed by atoms with Gasteiger partial charge in [-0.3, -0.25) is 4.79 Å². The lowest BCUT2D eigenvalue weighted by molar-refractivity contribution is -0.128. The van der Waals surface area contributed by atoms with Gasteiger partial charge in [0.05, 0.1) is 5.02 Å².